The van der Waals surface area contributed by atoms with Gasteiger partial charge in [-0.3, -0.25) is 14.6 Å². The molecule has 2 aromatic carbocycles. The molecule has 0 aliphatic rings. The Kier molecular flexibility index (Phi) is 10.1. The summed E-state index contributed by atoms with van der Waals surface area (Å²) in [4.78, 5) is 39.1. The van der Waals surface area contributed by atoms with Gasteiger partial charge < -0.3 is 30.0 Å². The van der Waals surface area contributed by atoms with Gasteiger partial charge in [-0.15, -0.1) is 11.6 Å². The predicted octanol–water partition coefficient (Wildman–Crippen LogP) is 3.65. The number of phosphoric ester groups is 1. The number of aromatic hydroxyl groups is 1. The summed E-state index contributed by atoms with van der Waals surface area (Å²) < 4.78 is 23.6. The fourth-order valence-electron chi connectivity index (χ4n) is 4.52. The summed E-state index contributed by atoms with van der Waals surface area (Å²) in [6.45, 7) is 3.44. The van der Waals surface area contributed by atoms with Crippen molar-refractivity contribution < 1.29 is 33.5 Å². The van der Waals surface area contributed by atoms with E-state index in [1.165, 1.54) is 6.07 Å². The molecular formula is C27H33ClN5O7P. The van der Waals surface area contributed by atoms with Gasteiger partial charge in [-0.25, -0.2) is 14.5 Å². The molecule has 0 radical (unpaired) electrons. The van der Waals surface area contributed by atoms with Gasteiger partial charge in [-0.1, -0.05) is 37.6 Å². The van der Waals surface area contributed by atoms with Crippen LogP contribution in [-0.2, 0) is 33.5 Å². The van der Waals surface area contributed by atoms with Gasteiger partial charge in [-0.2, -0.15) is 0 Å². The molecule has 4 aromatic rings. The normalized spacial score (nSPS) is 11.8. The maximum atomic E-state index is 11.4. The van der Waals surface area contributed by atoms with Crippen molar-refractivity contribution in [3.8, 4) is 11.5 Å². The molecule has 2 heterocycles. The Bertz CT molecular complexity index is 1590. The SMILES string of the molecule is CCCCc1nc2c(N)nc3cc(CCOCCNC(=O)CCl)ccc3c2n1Cc1cccc(OP(=O)(O)O)c1O. The summed E-state index contributed by atoms with van der Waals surface area (Å²) in [6, 6.07) is 10.4. The Balaban J connectivity index is 1.66. The monoisotopic (exact) mass is 605 g/mol. The maximum absolute atomic E-state index is 11.4. The minimum atomic E-state index is -4.87. The van der Waals surface area contributed by atoms with Gasteiger partial charge in [0.15, 0.2) is 17.3 Å². The molecule has 0 saturated carbocycles. The van der Waals surface area contributed by atoms with E-state index in [1.807, 2.05) is 22.8 Å². The van der Waals surface area contributed by atoms with E-state index in [9.17, 15) is 24.3 Å². The highest BCUT2D eigenvalue weighted by molar-refractivity contribution is 7.46. The highest BCUT2D eigenvalue weighted by Gasteiger charge is 2.22. The largest absolute Gasteiger partial charge is 0.524 e. The van der Waals surface area contributed by atoms with Gasteiger partial charge in [0.25, 0.3) is 0 Å². The van der Waals surface area contributed by atoms with Gasteiger partial charge >= 0.3 is 7.82 Å². The molecule has 0 saturated heterocycles. The first-order chi connectivity index (χ1) is 19.6. The van der Waals surface area contributed by atoms with Gasteiger partial charge in [0.05, 0.1) is 30.8 Å². The number of nitrogen functional groups attached to an aromatic ring is 1. The Morgan fingerprint density at radius 1 is 1.17 bits per heavy atom. The summed E-state index contributed by atoms with van der Waals surface area (Å²) in [5.41, 5.74) is 9.73. The summed E-state index contributed by atoms with van der Waals surface area (Å²) in [5, 5.41) is 14.3. The lowest BCUT2D eigenvalue weighted by atomic mass is 10.1. The second-order valence-corrected chi connectivity index (χ2v) is 10.9. The van der Waals surface area contributed by atoms with Crippen LogP contribution in [0.3, 0.4) is 0 Å². The van der Waals surface area contributed by atoms with Crippen LogP contribution in [-0.4, -0.2) is 61.0 Å². The molecule has 0 fully saturated rings. The number of phenolic OH excluding ortho intramolecular Hbond substituents is 1. The van der Waals surface area contributed by atoms with Crippen LogP contribution in [0.5, 0.6) is 11.5 Å². The van der Waals surface area contributed by atoms with Crippen LogP contribution in [0.15, 0.2) is 36.4 Å². The molecule has 0 bridgehead atoms. The second kappa shape index (κ2) is 13.5. The van der Waals surface area contributed by atoms with Gasteiger partial charge in [0, 0.05) is 23.9 Å². The van der Waals surface area contributed by atoms with Crippen LogP contribution >= 0.6 is 19.4 Å². The number of aryl methyl sites for hydroxylation is 1. The number of anilines is 1. The van der Waals surface area contributed by atoms with Crippen LogP contribution < -0.4 is 15.6 Å². The van der Waals surface area contributed by atoms with Crippen molar-refractivity contribution in [2.24, 2.45) is 0 Å². The van der Waals surface area contributed by atoms with Crippen molar-refractivity contribution in [2.75, 3.05) is 31.4 Å². The average Bonchev–Trinajstić information content (AvgIpc) is 3.29. The number of benzene rings is 2. The topological polar surface area (TPSA) is 182 Å². The standard InChI is InChI=1S/C27H33ClN5O7P/c1-2-3-7-22-32-24-25(33(22)16-18-5-4-6-21(26(18)35)40-41(36,37)38)19-9-8-17(14-20(19)31-27(24)29)10-12-39-13-11-30-23(34)15-28/h4-6,8-9,14,35H,2-3,7,10-13,15-16H2,1H3,(H2,29,31)(H,30,34)(H2,36,37,38). The molecule has 2 aromatic heterocycles. The number of nitrogens with zero attached hydrogens (tertiary/aromatic N) is 3. The number of aromatic nitrogens is 3. The number of hydrogen-bond acceptors (Lipinski definition) is 8. The number of hydrogen-bond donors (Lipinski definition) is 5. The molecule has 1 amide bonds. The Morgan fingerprint density at radius 2 is 1.98 bits per heavy atom. The highest BCUT2D eigenvalue weighted by Crippen LogP contribution is 2.43. The number of fused-ring (bicyclic) bond motifs is 3. The van der Waals surface area contributed by atoms with Crippen molar-refractivity contribution in [2.45, 2.75) is 39.2 Å². The number of imidazole rings is 1. The number of pyridine rings is 1. The molecule has 4 rings (SSSR count). The molecule has 14 heteroatoms. The number of carbonyl (C=O) groups is 1. The van der Waals surface area contributed by atoms with E-state index in [4.69, 9.17) is 27.1 Å². The van der Waals surface area contributed by atoms with E-state index in [0.29, 0.717) is 49.2 Å². The van der Waals surface area contributed by atoms with E-state index in [-0.39, 0.29) is 35.6 Å². The third-order valence-electron chi connectivity index (χ3n) is 6.45. The number of unbranched alkanes of at least 4 members (excludes halogenated alkanes) is 1. The number of ether oxygens (including phenoxy) is 1. The first-order valence-corrected chi connectivity index (χ1v) is 15.2. The molecule has 0 spiro atoms. The number of amides is 1. The zero-order valence-electron chi connectivity index (χ0n) is 22.5. The third-order valence-corrected chi connectivity index (χ3v) is 7.13. The summed E-state index contributed by atoms with van der Waals surface area (Å²) in [5.74, 6) is 0.0226. The number of nitrogens with one attached hydrogen (secondary N) is 1. The van der Waals surface area contributed by atoms with Crippen LogP contribution in [0.1, 0.15) is 36.7 Å². The molecule has 0 unspecified atom stereocenters. The third kappa shape index (κ3) is 7.66. The van der Waals surface area contributed by atoms with Gasteiger partial charge in [0.1, 0.15) is 17.2 Å². The number of para-hydroxylation sites is 1. The van der Waals surface area contributed by atoms with Crippen molar-refractivity contribution in [1.82, 2.24) is 19.9 Å². The Labute approximate surface area is 241 Å². The second-order valence-electron chi connectivity index (χ2n) is 9.46. The van der Waals surface area contributed by atoms with E-state index < -0.39 is 7.82 Å². The number of alkyl halides is 1. The highest BCUT2D eigenvalue weighted by atomic mass is 35.5. The number of phenols is 1. The lowest BCUT2D eigenvalue weighted by molar-refractivity contribution is -0.118. The zero-order chi connectivity index (χ0) is 29.6. The fourth-order valence-corrected chi connectivity index (χ4v) is 5.02. The van der Waals surface area contributed by atoms with E-state index >= 15 is 0 Å². The Morgan fingerprint density at radius 3 is 2.71 bits per heavy atom. The number of nitrogens with two attached hydrogens (primary N) is 1. The zero-order valence-corrected chi connectivity index (χ0v) is 24.2. The molecule has 220 valence electrons. The Hall–Kier alpha value is -3.41. The average molecular weight is 606 g/mol. The van der Waals surface area contributed by atoms with Gasteiger partial charge in [-0.05, 0) is 30.5 Å². The predicted molar refractivity (Wildman–Crippen MR) is 156 cm³/mol. The lowest BCUT2D eigenvalue weighted by Crippen LogP contribution is -2.28. The van der Waals surface area contributed by atoms with E-state index in [0.717, 1.165) is 35.1 Å². The molecule has 0 aliphatic heterocycles. The van der Waals surface area contributed by atoms with Crippen LogP contribution in [0.4, 0.5) is 5.82 Å². The first-order valence-electron chi connectivity index (χ1n) is 13.1. The number of rotatable bonds is 14. The minimum absolute atomic E-state index is 0.0853. The van der Waals surface area contributed by atoms with Gasteiger partial charge in [0.2, 0.25) is 5.91 Å². The van der Waals surface area contributed by atoms with Crippen molar-refractivity contribution in [3.63, 3.8) is 0 Å². The molecule has 0 atom stereocenters. The van der Waals surface area contributed by atoms with E-state index in [1.54, 1.807) is 12.1 Å². The van der Waals surface area contributed by atoms with Crippen LogP contribution in [0.25, 0.3) is 21.9 Å². The number of halogens is 1. The number of phosphoric acid groups is 1. The number of carbonyl (C=O) groups excluding carboxylic acids is 1. The van der Waals surface area contributed by atoms with Crippen molar-refractivity contribution in [3.05, 3.63) is 53.3 Å². The van der Waals surface area contributed by atoms with Crippen molar-refractivity contribution >= 4 is 53.1 Å². The molecule has 6 N–H and O–H groups in total. The molecule has 0 aliphatic carbocycles. The van der Waals surface area contributed by atoms with Crippen molar-refractivity contribution in [1.29, 1.82) is 0 Å². The minimum Gasteiger partial charge on any atom is -0.504 e. The molecule has 12 nitrogen and oxygen atoms in total. The smallest absolute Gasteiger partial charge is 0.504 e. The van der Waals surface area contributed by atoms with E-state index in [2.05, 4.69) is 21.7 Å². The summed E-state index contributed by atoms with van der Waals surface area (Å²) >= 11 is 5.46. The molecular weight excluding hydrogens is 573 g/mol. The fraction of sp³-hybridized carbons (Fsp3) is 0.370. The first kappa shape index (κ1) is 30.5. The lowest BCUT2D eigenvalue weighted by Gasteiger charge is -2.15. The summed E-state index contributed by atoms with van der Waals surface area (Å²) in [6.07, 6.45) is 3.10. The van der Waals surface area contributed by atoms with Crippen LogP contribution in [0, 0.1) is 0 Å². The quantitative estimate of drug-likeness (QED) is 0.0808. The summed E-state index contributed by atoms with van der Waals surface area (Å²) in [7, 11) is -4.87. The maximum Gasteiger partial charge on any atom is 0.524 e. The van der Waals surface area contributed by atoms with Crippen LogP contribution in [0.2, 0.25) is 0 Å². The molecule has 41 heavy (non-hydrogen) atoms.